The summed E-state index contributed by atoms with van der Waals surface area (Å²) in [5, 5.41) is 9.68. The molecule has 3 amide bonds. The Bertz CT molecular complexity index is 565. The third-order valence-electron chi connectivity index (χ3n) is 3.43. The molecule has 0 saturated carbocycles. The Kier molecular flexibility index (Phi) is 2.90. The van der Waals surface area contributed by atoms with E-state index in [0.29, 0.717) is 24.4 Å². The van der Waals surface area contributed by atoms with Crippen molar-refractivity contribution in [3.63, 3.8) is 0 Å². The van der Waals surface area contributed by atoms with E-state index in [4.69, 9.17) is 9.94 Å². The van der Waals surface area contributed by atoms with Crippen molar-refractivity contribution in [1.29, 1.82) is 0 Å². The Morgan fingerprint density at radius 2 is 1.80 bits per heavy atom. The summed E-state index contributed by atoms with van der Waals surface area (Å²) in [7, 11) is 0. The Hall–Kier alpha value is -2.41. The van der Waals surface area contributed by atoms with E-state index in [9.17, 15) is 14.4 Å². The van der Waals surface area contributed by atoms with E-state index in [1.165, 1.54) is 0 Å². The van der Waals surface area contributed by atoms with E-state index in [1.54, 1.807) is 24.3 Å². The summed E-state index contributed by atoms with van der Waals surface area (Å²) < 4.78 is 0. The van der Waals surface area contributed by atoms with E-state index in [2.05, 4.69) is 0 Å². The molecule has 104 valence electrons. The molecule has 2 aliphatic heterocycles. The van der Waals surface area contributed by atoms with Gasteiger partial charge in [-0.3, -0.25) is 14.5 Å². The summed E-state index contributed by atoms with van der Waals surface area (Å²) in [5.74, 6) is -1.11. The average Bonchev–Trinajstić information content (AvgIpc) is 2.99. The first-order chi connectivity index (χ1) is 9.59. The zero-order valence-electron chi connectivity index (χ0n) is 10.5. The molecular weight excluding hydrogens is 264 g/mol. The lowest BCUT2D eigenvalue weighted by Crippen LogP contribution is -2.42. The van der Waals surface area contributed by atoms with E-state index < -0.39 is 24.1 Å². The summed E-state index contributed by atoms with van der Waals surface area (Å²) >= 11 is 0. The molecule has 0 aliphatic carbocycles. The van der Waals surface area contributed by atoms with Crippen molar-refractivity contribution in [1.82, 2.24) is 9.96 Å². The maximum atomic E-state index is 12.1. The zero-order valence-corrected chi connectivity index (χ0v) is 10.5. The Morgan fingerprint density at radius 1 is 1.20 bits per heavy atom. The van der Waals surface area contributed by atoms with Crippen LogP contribution in [0.2, 0.25) is 0 Å². The number of carbonyl (C=O) groups is 3. The van der Waals surface area contributed by atoms with Gasteiger partial charge in [0.15, 0.2) is 6.23 Å². The summed E-state index contributed by atoms with van der Waals surface area (Å²) in [6.07, 6.45) is -0.821. The van der Waals surface area contributed by atoms with Gasteiger partial charge in [-0.25, -0.2) is 9.63 Å². The molecule has 1 aromatic carbocycles. The summed E-state index contributed by atoms with van der Waals surface area (Å²) in [6.45, 7) is 0.336. The maximum Gasteiger partial charge on any atom is 0.409 e. The number of hydroxylamine groups is 2. The number of benzene rings is 1. The molecule has 0 bridgehead atoms. The van der Waals surface area contributed by atoms with Gasteiger partial charge < -0.3 is 5.11 Å². The van der Waals surface area contributed by atoms with Crippen molar-refractivity contribution in [2.24, 2.45) is 0 Å². The highest BCUT2D eigenvalue weighted by Gasteiger charge is 2.40. The van der Waals surface area contributed by atoms with Crippen LogP contribution in [-0.4, -0.2) is 45.7 Å². The fraction of sp³-hybridized carbons (Fsp3) is 0.308. The van der Waals surface area contributed by atoms with Crippen LogP contribution in [-0.2, 0) is 4.84 Å². The van der Waals surface area contributed by atoms with Crippen molar-refractivity contribution in [2.45, 2.75) is 19.1 Å². The summed E-state index contributed by atoms with van der Waals surface area (Å²) in [6, 6.07) is 6.41. The molecule has 1 N–H and O–H groups in total. The second kappa shape index (κ2) is 4.61. The number of carboxylic acid groups (broad SMARTS) is 1. The second-order valence-corrected chi connectivity index (χ2v) is 4.63. The van der Waals surface area contributed by atoms with Crippen LogP contribution in [0.5, 0.6) is 0 Å². The molecule has 1 aromatic rings. The first-order valence-corrected chi connectivity index (χ1v) is 6.24. The van der Waals surface area contributed by atoms with E-state index >= 15 is 0 Å². The van der Waals surface area contributed by atoms with Gasteiger partial charge in [0.1, 0.15) is 0 Å². The van der Waals surface area contributed by atoms with Crippen molar-refractivity contribution >= 4 is 17.9 Å². The number of likely N-dealkylation sites (tertiary alicyclic amines) is 1. The molecule has 1 fully saturated rings. The van der Waals surface area contributed by atoms with Crippen LogP contribution in [0, 0.1) is 0 Å². The topological polar surface area (TPSA) is 87.2 Å². The highest BCUT2D eigenvalue weighted by Crippen LogP contribution is 2.26. The molecule has 0 aromatic heterocycles. The van der Waals surface area contributed by atoms with Gasteiger partial charge in [0.25, 0.3) is 11.8 Å². The molecule has 1 saturated heterocycles. The third kappa shape index (κ3) is 1.83. The lowest BCUT2D eigenvalue weighted by molar-refractivity contribution is -0.164. The van der Waals surface area contributed by atoms with E-state index in [1.807, 2.05) is 0 Å². The van der Waals surface area contributed by atoms with Crippen LogP contribution < -0.4 is 0 Å². The standard InChI is InChI=1S/C13H12N2O5/c16-11-8-4-1-2-5-9(8)12(17)15(11)20-10-6-3-7-14(10)13(18)19/h1-2,4-5,10H,3,6-7H2,(H,18,19). The molecule has 7 heteroatoms. The highest BCUT2D eigenvalue weighted by molar-refractivity contribution is 6.20. The Morgan fingerprint density at radius 3 is 2.35 bits per heavy atom. The lowest BCUT2D eigenvalue weighted by Gasteiger charge is -2.24. The van der Waals surface area contributed by atoms with Gasteiger partial charge in [-0.15, -0.1) is 5.06 Å². The number of hydrogen-bond donors (Lipinski definition) is 1. The SMILES string of the molecule is O=C1c2ccccc2C(=O)N1OC1CCCN1C(=O)O. The minimum absolute atomic E-state index is 0.275. The zero-order chi connectivity index (χ0) is 14.3. The molecule has 7 nitrogen and oxygen atoms in total. The molecule has 20 heavy (non-hydrogen) atoms. The molecule has 1 atom stereocenters. The fourth-order valence-electron chi connectivity index (χ4n) is 2.45. The predicted molar refractivity (Wildman–Crippen MR) is 65.8 cm³/mol. The van der Waals surface area contributed by atoms with Crippen molar-refractivity contribution < 1.29 is 24.3 Å². The molecular formula is C13H12N2O5. The molecule has 0 spiro atoms. The Labute approximate surface area is 114 Å². The smallest absolute Gasteiger partial charge is 0.409 e. The van der Waals surface area contributed by atoms with Gasteiger partial charge in [-0.05, 0) is 25.0 Å². The highest BCUT2D eigenvalue weighted by atomic mass is 16.7. The van der Waals surface area contributed by atoms with Crippen LogP contribution >= 0.6 is 0 Å². The number of rotatable bonds is 2. The van der Waals surface area contributed by atoms with E-state index in [-0.39, 0.29) is 11.1 Å². The number of fused-ring (bicyclic) bond motifs is 1. The molecule has 3 rings (SSSR count). The van der Waals surface area contributed by atoms with Gasteiger partial charge >= 0.3 is 6.09 Å². The first-order valence-electron chi connectivity index (χ1n) is 6.24. The van der Waals surface area contributed by atoms with Gasteiger partial charge in [0, 0.05) is 6.54 Å². The summed E-state index contributed by atoms with van der Waals surface area (Å²) in [4.78, 5) is 41.6. The second-order valence-electron chi connectivity index (χ2n) is 4.63. The van der Waals surface area contributed by atoms with Gasteiger partial charge in [0.2, 0.25) is 0 Å². The van der Waals surface area contributed by atoms with Crippen LogP contribution in [0.4, 0.5) is 4.79 Å². The van der Waals surface area contributed by atoms with Crippen LogP contribution in [0.1, 0.15) is 33.6 Å². The average molecular weight is 276 g/mol. The van der Waals surface area contributed by atoms with Crippen LogP contribution in [0.15, 0.2) is 24.3 Å². The van der Waals surface area contributed by atoms with E-state index in [0.717, 1.165) is 4.90 Å². The largest absolute Gasteiger partial charge is 0.465 e. The Balaban J connectivity index is 1.82. The minimum Gasteiger partial charge on any atom is -0.465 e. The predicted octanol–water partition coefficient (Wildman–Crippen LogP) is 1.31. The number of hydrogen-bond acceptors (Lipinski definition) is 4. The number of imide groups is 1. The fourth-order valence-corrected chi connectivity index (χ4v) is 2.45. The van der Waals surface area contributed by atoms with Crippen LogP contribution in [0.25, 0.3) is 0 Å². The molecule has 2 aliphatic rings. The molecule has 2 heterocycles. The van der Waals surface area contributed by atoms with Gasteiger partial charge in [-0.2, -0.15) is 0 Å². The van der Waals surface area contributed by atoms with Crippen molar-refractivity contribution in [2.75, 3.05) is 6.54 Å². The third-order valence-corrected chi connectivity index (χ3v) is 3.43. The lowest BCUT2D eigenvalue weighted by atomic mass is 10.1. The quantitative estimate of drug-likeness (QED) is 0.823. The monoisotopic (exact) mass is 276 g/mol. The van der Waals surface area contributed by atoms with Gasteiger partial charge in [-0.1, -0.05) is 12.1 Å². The van der Waals surface area contributed by atoms with Crippen molar-refractivity contribution in [3.8, 4) is 0 Å². The first kappa shape index (κ1) is 12.6. The van der Waals surface area contributed by atoms with Gasteiger partial charge in [0.05, 0.1) is 11.1 Å². The minimum atomic E-state index is -1.12. The molecule has 0 radical (unpaired) electrons. The maximum absolute atomic E-state index is 12.1. The normalized spacial score (nSPS) is 21.5. The number of nitrogens with zero attached hydrogens (tertiary/aromatic N) is 2. The van der Waals surface area contributed by atoms with Crippen molar-refractivity contribution in [3.05, 3.63) is 35.4 Å². The number of amides is 3. The number of carbonyl (C=O) groups excluding carboxylic acids is 2. The molecule has 1 unspecified atom stereocenters. The van der Waals surface area contributed by atoms with Crippen LogP contribution in [0.3, 0.4) is 0 Å². The summed E-state index contributed by atoms with van der Waals surface area (Å²) in [5.41, 5.74) is 0.551.